The first-order valence-corrected chi connectivity index (χ1v) is 9.63. The fraction of sp³-hybridized carbons (Fsp3) is 0.200. The third-order valence-electron chi connectivity index (χ3n) is 3.96. The first-order chi connectivity index (χ1) is 15.1. The maximum atomic E-state index is 12.8. The van der Waals surface area contributed by atoms with Crippen molar-refractivity contribution in [2.45, 2.75) is 12.6 Å². The molecule has 0 bridgehead atoms. The minimum absolute atomic E-state index is 0.177. The standard InChI is InChI=1S/C20H17BrF3N3O5/c1-3-6-32-19-15(21)7-12(8-17(19)31-2)11-25-26-18(28)9-13-4-5-14(20(22,23)24)10-16(13)27(29)30/h3-5,7-8,10-11H,1,6,9H2,2H3,(H,26,28)/b25-11+. The van der Waals surface area contributed by atoms with Gasteiger partial charge in [0, 0.05) is 11.6 Å². The summed E-state index contributed by atoms with van der Waals surface area (Å²) in [6, 6.07) is 5.22. The maximum Gasteiger partial charge on any atom is 0.416 e. The van der Waals surface area contributed by atoms with E-state index in [1.165, 1.54) is 13.3 Å². The Kier molecular flexibility index (Phi) is 8.35. The molecule has 0 aliphatic rings. The van der Waals surface area contributed by atoms with Crippen LogP contribution in [0.25, 0.3) is 0 Å². The lowest BCUT2D eigenvalue weighted by molar-refractivity contribution is -0.385. The Morgan fingerprint density at radius 1 is 1.34 bits per heavy atom. The van der Waals surface area contributed by atoms with Crippen molar-refractivity contribution in [3.8, 4) is 11.5 Å². The molecule has 2 aromatic rings. The summed E-state index contributed by atoms with van der Waals surface area (Å²) >= 11 is 3.34. The first kappa shape index (κ1) is 24.9. The van der Waals surface area contributed by atoms with Gasteiger partial charge in [0.25, 0.3) is 5.69 Å². The van der Waals surface area contributed by atoms with Crippen LogP contribution < -0.4 is 14.9 Å². The lowest BCUT2D eigenvalue weighted by Crippen LogP contribution is -2.20. The third-order valence-corrected chi connectivity index (χ3v) is 4.55. The minimum Gasteiger partial charge on any atom is -0.493 e. The molecule has 0 saturated heterocycles. The number of benzene rings is 2. The topological polar surface area (TPSA) is 103 Å². The molecular weight excluding hydrogens is 499 g/mol. The van der Waals surface area contributed by atoms with Crippen molar-refractivity contribution in [3.05, 3.63) is 74.3 Å². The molecule has 0 aliphatic heterocycles. The van der Waals surface area contributed by atoms with Crippen LogP contribution in [0.5, 0.6) is 11.5 Å². The number of nitro benzene ring substituents is 1. The Hall–Kier alpha value is -3.41. The number of nitro groups is 1. The molecule has 1 amide bonds. The molecule has 0 radical (unpaired) electrons. The number of amides is 1. The van der Waals surface area contributed by atoms with Gasteiger partial charge in [-0.15, -0.1) is 0 Å². The summed E-state index contributed by atoms with van der Waals surface area (Å²) < 4.78 is 49.7. The molecule has 170 valence electrons. The molecule has 0 unspecified atom stereocenters. The van der Waals surface area contributed by atoms with Crippen molar-refractivity contribution >= 4 is 33.7 Å². The lowest BCUT2D eigenvalue weighted by atomic mass is 10.1. The second-order valence-corrected chi connectivity index (χ2v) is 7.06. The van der Waals surface area contributed by atoms with Crippen molar-refractivity contribution in [2.24, 2.45) is 5.10 Å². The van der Waals surface area contributed by atoms with E-state index in [1.807, 2.05) is 0 Å². The highest BCUT2D eigenvalue weighted by molar-refractivity contribution is 9.10. The van der Waals surface area contributed by atoms with E-state index < -0.39 is 34.7 Å². The number of hydrazone groups is 1. The highest BCUT2D eigenvalue weighted by Crippen LogP contribution is 2.36. The average Bonchev–Trinajstić information content (AvgIpc) is 2.71. The molecule has 0 atom stereocenters. The Labute approximate surface area is 189 Å². The van der Waals surface area contributed by atoms with Gasteiger partial charge in [-0.1, -0.05) is 18.7 Å². The molecule has 0 saturated carbocycles. The van der Waals surface area contributed by atoms with Crippen LogP contribution in [0.4, 0.5) is 18.9 Å². The van der Waals surface area contributed by atoms with Crippen molar-refractivity contribution in [1.29, 1.82) is 0 Å². The van der Waals surface area contributed by atoms with Crippen LogP contribution in [-0.4, -0.2) is 30.8 Å². The molecule has 0 aromatic heterocycles. The van der Waals surface area contributed by atoms with Gasteiger partial charge in [-0.25, -0.2) is 5.43 Å². The van der Waals surface area contributed by atoms with E-state index in [-0.39, 0.29) is 12.2 Å². The van der Waals surface area contributed by atoms with Crippen LogP contribution in [0.1, 0.15) is 16.7 Å². The second kappa shape index (κ2) is 10.8. The zero-order valence-corrected chi connectivity index (χ0v) is 18.2. The van der Waals surface area contributed by atoms with E-state index in [4.69, 9.17) is 9.47 Å². The highest BCUT2D eigenvalue weighted by Gasteiger charge is 2.33. The van der Waals surface area contributed by atoms with Crippen molar-refractivity contribution in [2.75, 3.05) is 13.7 Å². The number of hydrogen-bond donors (Lipinski definition) is 1. The van der Waals surface area contributed by atoms with Gasteiger partial charge in [0.1, 0.15) is 6.61 Å². The van der Waals surface area contributed by atoms with Crippen LogP contribution in [0.15, 0.2) is 52.6 Å². The van der Waals surface area contributed by atoms with Crippen LogP contribution in [0.2, 0.25) is 0 Å². The summed E-state index contributed by atoms with van der Waals surface area (Å²) in [4.78, 5) is 22.2. The predicted molar refractivity (Wildman–Crippen MR) is 114 cm³/mol. The fourth-order valence-electron chi connectivity index (χ4n) is 2.55. The lowest BCUT2D eigenvalue weighted by Gasteiger charge is -2.12. The summed E-state index contributed by atoms with van der Waals surface area (Å²) in [6.45, 7) is 3.82. The molecule has 0 fully saturated rings. The monoisotopic (exact) mass is 515 g/mol. The molecular formula is C20H17BrF3N3O5. The number of nitrogens with one attached hydrogen (secondary N) is 1. The highest BCUT2D eigenvalue weighted by atomic mass is 79.9. The predicted octanol–water partition coefficient (Wildman–Crippen LogP) is 4.64. The van der Waals surface area contributed by atoms with Gasteiger partial charge in [0.05, 0.1) is 34.7 Å². The fourth-order valence-corrected chi connectivity index (χ4v) is 3.12. The number of ether oxygens (including phenoxy) is 2. The second-order valence-electron chi connectivity index (χ2n) is 6.20. The van der Waals surface area contributed by atoms with Gasteiger partial charge in [0.2, 0.25) is 5.91 Å². The van der Waals surface area contributed by atoms with E-state index in [0.717, 1.165) is 6.07 Å². The maximum absolute atomic E-state index is 12.8. The number of hydrogen-bond acceptors (Lipinski definition) is 6. The quantitative estimate of drug-likeness (QED) is 0.227. The Balaban J connectivity index is 2.12. The largest absolute Gasteiger partial charge is 0.493 e. The van der Waals surface area contributed by atoms with E-state index in [0.29, 0.717) is 33.7 Å². The molecule has 32 heavy (non-hydrogen) atoms. The van der Waals surface area contributed by atoms with Crippen molar-refractivity contribution < 1.29 is 32.4 Å². The van der Waals surface area contributed by atoms with Crippen molar-refractivity contribution in [1.82, 2.24) is 5.43 Å². The van der Waals surface area contributed by atoms with Gasteiger partial charge < -0.3 is 9.47 Å². The number of rotatable bonds is 9. The molecule has 1 N–H and O–H groups in total. The van der Waals surface area contributed by atoms with E-state index >= 15 is 0 Å². The van der Waals surface area contributed by atoms with E-state index in [9.17, 15) is 28.1 Å². The van der Waals surface area contributed by atoms with Crippen molar-refractivity contribution in [3.63, 3.8) is 0 Å². The van der Waals surface area contributed by atoms with Gasteiger partial charge in [-0.05, 0) is 39.7 Å². The number of carbonyl (C=O) groups excluding carboxylic acids is 1. The van der Waals surface area contributed by atoms with Crippen LogP contribution in [0.3, 0.4) is 0 Å². The summed E-state index contributed by atoms with van der Waals surface area (Å²) in [7, 11) is 1.45. The average molecular weight is 516 g/mol. The Bertz CT molecular complexity index is 1060. The van der Waals surface area contributed by atoms with Crippen LogP contribution in [0, 0.1) is 10.1 Å². The summed E-state index contributed by atoms with van der Waals surface area (Å²) in [5.74, 6) is 0.0960. The van der Waals surface area contributed by atoms with Gasteiger partial charge in [-0.2, -0.15) is 18.3 Å². The van der Waals surface area contributed by atoms with E-state index in [2.05, 4.69) is 33.0 Å². The SMILES string of the molecule is C=CCOc1c(Br)cc(/C=N/NC(=O)Cc2ccc(C(F)(F)F)cc2[N+](=O)[O-])cc1OC. The molecule has 2 aromatic carbocycles. The molecule has 0 spiro atoms. The number of alkyl halides is 3. The number of carbonyl (C=O) groups is 1. The summed E-state index contributed by atoms with van der Waals surface area (Å²) in [5.41, 5.74) is 0.555. The third kappa shape index (κ3) is 6.54. The Morgan fingerprint density at radius 3 is 2.66 bits per heavy atom. The van der Waals surface area contributed by atoms with E-state index in [1.54, 1.807) is 18.2 Å². The van der Waals surface area contributed by atoms with Crippen LogP contribution in [-0.2, 0) is 17.4 Å². The minimum atomic E-state index is -4.74. The molecule has 0 heterocycles. The first-order valence-electron chi connectivity index (χ1n) is 8.84. The molecule has 2 rings (SSSR count). The molecule has 12 heteroatoms. The number of methoxy groups -OCH3 is 1. The molecule has 0 aliphatic carbocycles. The molecule has 8 nitrogen and oxygen atoms in total. The number of nitrogens with zero attached hydrogens (tertiary/aromatic N) is 2. The van der Waals surface area contributed by atoms with Gasteiger partial charge >= 0.3 is 6.18 Å². The zero-order chi connectivity index (χ0) is 23.9. The van der Waals surface area contributed by atoms with Gasteiger partial charge in [-0.3, -0.25) is 14.9 Å². The normalized spacial score (nSPS) is 11.3. The number of halogens is 4. The van der Waals surface area contributed by atoms with Gasteiger partial charge in [0.15, 0.2) is 11.5 Å². The Morgan fingerprint density at radius 2 is 2.06 bits per heavy atom. The van der Waals surface area contributed by atoms with Crippen LogP contribution >= 0.6 is 15.9 Å². The smallest absolute Gasteiger partial charge is 0.416 e. The summed E-state index contributed by atoms with van der Waals surface area (Å²) in [5, 5.41) is 14.9. The zero-order valence-electron chi connectivity index (χ0n) is 16.6. The summed E-state index contributed by atoms with van der Waals surface area (Å²) in [6.07, 6.45) is -2.41.